The minimum atomic E-state index is -0.388. The molecule has 2 amide bonds. The lowest BCUT2D eigenvalue weighted by molar-refractivity contribution is 0.262. The normalized spacial score (nSPS) is 10.2. The summed E-state index contributed by atoms with van der Waals surface area (Å²) in [7, 11) is 1.50. The van der Waals surface area contributed by atoms with Crippen molar-refractivity contribution in [2.75, 3.05) is 17.7 Å². The van der Waals surface area contributed by atoms with Crippen LogP contribution in [0.15, 0.2) is 61.1 Å². The highest BCUT2D eigenvalue weighted by Crippen LogP contribution is 2.20. The number of amides is 2. The molecule has 2 heterocycles. The Morgan fingerprint density at radius 3 is 2.79 bits per heavy atom. The van der Waals surface area contributed by atoms with Crippen LogP contribution in [0.2, 0.25) is 0 Å². The maximum Gasteiger partial charge on any atom is 0.323 e. The quantitative estimate of drug-likeness (QED) is 0.756. The summed E-state index contributed by atoms with van der Waals surface area (Å²) in [5, 5.41) is 9.67. The first-order chi connectivity index (χ1) is 11.7. The van der Waals surface area contributed by atoms with Crippen molar-refractivity contribution in [3.63, 3.8) is 0 Å². The van der Waals surface area contributed by atoms with Crippen molar-refractivity contribution < 1.29 is 9.53 Å². The summed E-state index contributed by atoms with van der Waals surface area (Å²) < 4.78 is 6.86. The highest BCUT2D eigenvalue weighted by molar-refractivity contribution is 6.00. The fraction of sp³-hybridized carbons (Fsp3) is 0.118. The molecule has 7 heteroatoms. The lowest BCUT2D eigenvalue weighted by Crippen LogP contribution is -2.19. The highest BCUT2D eigenvalue weighted by atomic mass is 16.5. The van der Waals surface area contributed by atoms with E-state index in [1.165, 1.54) is 7.11 Å². The lowest BCUT2D eigenvalue weighted by atomic mass is 10.2. The summed E-state index contributed by atoms with van der Waals surface area (Å²) in [5.41, 5.74) is 2.23. The maximum atomic E-state index is 12.1. The van der Waals surface area contributed by atoms with E-state index in [1.807, 2.05) is 30.3 Å². The molecule has 0 fully saturated rings. The van der Waals surface area contributed by atoms with Gasteiger partial charge in [-0.25, -0.2) is 9.78 Å². The van der Waals surface area contributed by atoms with Crippen LogP contribution in [0.25, 0.3) is 0 Å². The minimum absolute atomic E-state index is 0.354. The fourth-order valence-electron chi connectivity index (χ4n) is 2.22. The van der Waals surface area contributed by atoms with Crippen LogP contribution in [-0.2, 0) is 6.54 Å². The van der Waals surface area contributed by atoms with Gasteiger partial charge in [-0.15, -0.1) is 0 Å². The summed E-state index contributed by atoms with van der Waals surface area (Å²) in [6.45, 7) is 0.639. The van der Waals surface area contributed by atoms with E-state index in [1.54, 1.807) is 35.4 Å². The Morgan fingerprint density at radius 1 is 1.17 bits per heavy atom. The number of carbonyl (C=O) groups excluding carboxylic acids is 1. The Hall–Kier alpha value is -3.35. The summed E-state index contributed by atoms with van der Waals surface area (Å²) in [4.78, 5) is 16.1. The van der Waals surface area contributed by atoms with E-state index in [2.05, 4.69) is 20.7 Å². The number of methoxy groups -OCH3 is 1. The first-order valence-electron chi connectivity index (χ1n) is 7.38. The Bertz CT molecular complexity index is 817. The Labute approximate surface area is 139 Å². The maximum absolute atomic E-state index is 12.1. The van der Waals surface area contributed by atoms with E-state index < -0.39 is 0 Å². The number of urea groups is 1. The van der Waals surface area contributed by atoms with Crippen molar-refractivity contribution in [2.45, 2.75) is 6.54 Å². The third-order valence-electron chi connectivity index (χ3n) is 3.29. The molecule has 0 aliphatic carbocycles. The van der Waals surface area contributed by atoms with E-state index in [9.17, 15) is 4.79 Å². The highest BCUT2D eigenvalue weighted by Gasteiger charge is 2.09. The van der Waals surface area contributed by atoms with Gasteiger partial charge in [0.15, 0.2) is 0 Å². The van der Waals surface area contributed by atoms with Crippen molar-refractivity contribution in [3.8, 4) is 5.88 Å². The summed E-state index contributed by atoms with van der Waals surface area (Å²) >= 11 is 0. The zero-order valence-corrected chi connectivity index (χ0v) is 13.1. The molecule has 2 N–H and O–H groups in total. The number of hydrogen-bond acceptors (Lipinski definition) is 4. The van der Waals surface area contributed by atoms with Crippen LogP contribution < -0.4 is 15.4 Å². The van der Waals surface area contributed by atoms with E-state index in [0.29, 0.717) is 23.8 Å². The van der Waals surface area contributed by atoms with Crippen LogP contribution in [0.3, 0.4) is 0 Å². The van der Waals surface area contributed by atoms with Crippen LogP contribution in [0.5, 0.6) is 5.88 Å². The van der Waals surface area contributed by atoms with Crippen molar-refractivity contribution in [1.82, 2.24) is 14.8 Å². The number of nitrogens with one attached hydrogen (secondary N) is 2. The largest absolute Gasteiger partial charge is 0.480 e. The molecule has 24 heavy (non-hydrogen) atoms. The molecule has 0 aliphatic rings. The average molecular weight is 323 g/mol. The minimum Gasteiger partial charge on any atom is -0.480 e. The van der Waals surface area contributed by atoms with Crippen LogP contribution >= 0.6 is 0 Å². The number of nitrogens with zero attached hydrogens (tertiary/aromatic N) is 3. The predicted molar refractivity (Wildman–Crippen MR) is 91.2 cm³/mol. The van der Waals surface area contributed by atoms with Gasteiger partial charge in [0, 0.05) is 12.4 Å². The number of ether oxygens (including phenoxy) is 1. The van der Waals surface area contributed by atoms with Gasteiger partial charge < -0.3 is 15.4 Å². The number of carbonyl (C=O) groups is 1. The Morgan fingerprint density at radius 2 is 2.00 bits per heavy atom. The molecule has 0 saturated heterocycles. The molecular weight excluding hydrogens is 306 g/mol. The smallest absolute Gasteiger partial charge is 0.323 e. The number of rotatable bonds is 5. The van der Waals surface area contributed by atoms with E-state index in [0.717, 1.165) is 5.56 Å². The first kappa shape index (κ1) is 15.5. The molecule has 122 valence electrons. The van der Waals surface area contributed by atoms with Gasteiger partial charge in [0.2, 0.25) is 5.88 Å². The fourth-order valence-corrected chi connectivity index (χ4v) is 2.22. The van der Waals surface area contributed by atoms with E-state index in [-0.39, 0.29) is 6.03 Å². The van der Waals surface area contributed by atoms with E-state index in [4.69, 9.17) is 4.74 Å². The Balaban J connectivity index is 1.61. The standard InChI is InChI=1S/C17H17N5O2/c1-24-16-15(8-5-9-18-16)21-17(23)20-14-10-19-22(12-14)11-13-6-3-2-4-7-13/h2-10,12H,11H2,1H3,(H2,20,21,23). The second kappa shape index (κ2) is 7.28. The molecule has 0 bridgehead atoms. The third-order valence-corrected chi connectivity index (χ3v) is 3.29. The van der Waals surface area contributed by atoms with Gasteiger partial charge in [0.05, 0.1) is 25.5 Å². The number of hydrogen-bond donors (Lipinski definition) is 2. The third kappa shape index (κ3) is 3.89. The number of aromatic nitrogens is 3. The van der Waals surface area contributed by atoms with Crippen molar-refractivity contribution in [2.24, 2.45) is 0 Å². The number of anilines is 2. The molecule has 0 unspecified atom stereocenters. The number of pyridine rings is 1. The monoisotopic (exact) mass is 323 g/mol. The molecular formula is C17H17N5O2. The van der Waals surface area contributed by atoms with Gasteiger partial charge in [0.25, 0.3) is 0 Å². The molecule has 3 rings (SSSR count). The molecule has 0 atom stereocenters. The molecule has 3 aromatic rings. The molecule has 0 saturated carbocycles. The molecule has 0 radical (unpaired) electrons. The summed E-state index contributed by atoms with van der Waals surface area (Å²) in [6, 6.07) is 13.0. The molecule has 0 spiro atoms. The van der Waals surface area contributed by atoms with Gasteiger partial charge in [-0.05, 0) is 17.7 Å². The van der Waals surface area contributed by atoms with Gasteiger partial charge in [-0.1, -0.05) is 30.3 Å². The van der Waals surface area contributed by atoms with Gasteiger partial charge >= 0.3 is 6.03 Å². The molecule has 0 aliphatic heterocycles. The molecule has 7 nitrogen and oxygen atoms in total. The van der Waals surface area contributed by atoms with E-state index >= 15 is 0 Å². The summed E-state index contributed by atoms with van der Waals surface area (Å²) in [6.07, 6.45) is 4.96. The van der Waals surface area contributed by atoms with Crippen LogP contribution in [0.1, 0.15) is 5.56 Å². The molecule has 1 aromatic carbocycles. The second-order valence-corrected chi connectivity index (χ2v) is 5.05. The molecule has 2 aromatic heterocycles. The van der Waals surface area contributed by atoms with Gasteiger partial charge in [0.1, 0.15) is 5.69 Å². The first-order valence-corrected chi connectivity index (χ1v) is 7.38. The SMILES string of the molecule is COc1ncccc1NC(=O)Nc1cnn(Cc2ccccc2)c1. The zero-order chi connectivity index (χ0) is 16.8. The van der Waals surface area contributed by atoms with Crippen LogP contribution in [-0.4, -0.2) is 27.9 Å². The van der Waals surface area contributed by atoms with Crippen LogP contribution in [0, 0.1) is 0 Å². The Kier molecular flexibility index (Phi) is 4.71. The van der Waals surface area contributed by atoms with Crippen molar-refractivity contribution in [3.05, 3.63) is 66.6 Å². The zero-order valence-electron chi connectivity index (χ0n) is 13.1. The van der Waals surface area contributed by atoms with Crippen LogP contribution in [0.4, 0.5) is 16.2 Å². The van der Waals surface area contributed by atoms with Gasteiger partial charge in [-0.2, -0.15) is 5.10 Å². The average Bonchev–Trinajstić information content (AvgIpc) is 3.03. The number of benzene rings is 1. The van der Waals surface area contributed by atoms with Crippen molar-refractivity contribution in [1.29, 1.82) is 0 Å². The van der Waals surface area contributed by atoms with Gasteiger partial charge in [-0.3, -0.25) is 4.68 Å². The van der Waals surface area contributed by atoms with Crippen molar-refractivity contribution >= 4 is 17.4 Å². The topological polar surface area (TPSA) is 81.1 Å². The summed E-state index contributed by atoms with van der Waals surface area (Å²) in [5.74, 6) is 0.354. The predicted octanol–water partition coefficient (Wildman–Crippen LogP) is 2.98. The second-order valence-electron chi connectivity index (χ2n) is 5.05. The lowest BCUT2D eigenvalue weighted by Gasteiger charge is -2.08.